The van der Waals surface area contributed by atoms with E-state index in [1.54, 1.807) is 30.3 Å². The van der Waals surface area contributed by atoms with E-state index >= 15 is 0 Å². The molecule has 0 fully saturated rings. The van der Waals surface area contributed by atoms with E-state index in [4.69, 9.17) is 0 Å². The van der Waals surface area contributed by atoms with Gasteiger partial charge in [0.25, 0.3) is 21.8 Å². The van der Waals surface area contributed by atoms with Gasteiger partial charge in [-0.1, -0.05) is 18.2 Å². The molecule has 3 rings (SSSR count). The Hall–Kier alpha value is -4.18. The van der Waals surface area contributed by atoms with Crippen LogP contribution in [-0.2, 0) is 14.8 Å². The molecular formula is C26H28N4O5S. The Bertz CT molecular complexity index is 1390. The van der Waals surface area contributed by atoms with Crippen LogP contribution in [-0.4, -0.2) is 31.7 Å². The van der Waals surface area contributed by atoms with Gasteiger partial charge in [0.15, 0.2) is 0 Å². The molecule has 10 heteroatoms. The Labute approximate surface area is 210 Å². The summed E-state index contributed by atoms with van der Waals surface area (Å²) in [5, 5.41) is 8.10. The molecule has 0 radical (unpaired) electrons. The standard InChI is InChI=1S/C26H28N4O5S/c1-17(31)27-23-11-6-5-10-22(23)25(33)28-20-8-7-9-21(16-20)36(34,35)30-19-14-12-18(13-15-19)24(32)29-26(2,3)4/h5-16,30H,1-4H3,(H,27,31)(H,28,33)(H,29,32). The highest BCUT2D eigenvalue weighted by molar-refractivity contribution is 7.92. The van der Waals surface area contributed by atoms with Gasteiger partial charge in [0.05, 0.1) is 16.1 Å². The van der Waals surface area contributed by atoms with Gasteiger partial charge in [0, 0.05) is 29.4 Å². The molecule has 3 aromatic rings. The summed E-state index contributed by atoms with van der Waals surface area (Å²) in [6, 6.07) is 18.3. The quantitative estimate of drug-likeness (QED) is 0.379. The highest BCUT2D eigenvalue weighted by atomic mass is 32.2. The van der Waals surface area contributed by atoms with E-state index in [0.29, 0.717) is 11.3 Å². The number of amides is 3. The lowest BCUT2D eigenvalue weighted by Gasteiger charge is -2.20. The molecular weight excluding hydrogens is 480 g/mol. The van der Waals surface area contributed by atoms with Gasteiger partial charge >= 0.3 is 0 Å². The summed E-state index contributed by atoms with van der Waals surface area (Å²) < 4.78 is 28.4. The number of para-hydroxylation sites is 1. The Kier molecular flexibility index (Phi) is 7.79. The van der Waals surface area contributed by atoms with Crippen molar-refractivity contribution in [3.05, 3.63) is 83.9 Å². The summed E-state index contributed by atoms with van der Waals surface area (Å²) in [5.41, 5.74) is 1.11. The smallest absolute Gasteiger partial charge is 0.261 e. The summed E-state index contributed by atoms with van der Waals surface area (Å²) in [7, 11) is -3.98. The maximum atomic E-state index is 12.9. The molecule has 3 aromatic carbocycles. The molecule has 36 heavy (non-hydrogen) atoms. The van der Waals surface area contributed by atoms with Crippen LogP contribution in [0.15, 0.2) is 77.7 Å². The zero-order chi connectivity index (χ0) is 26.5. The number of carbonyl (C=O) groups excluding carboxylic acids is 3. The van der Waals surface area contributed by atoms with Gasteiger partial charge in [-0.2, -0.15) is 0 Å². The van der Waals surface area contributed by atoms with E-state index in [9.17, 15) is 22.8 Å². The SMILES string of the molecule is CC(=O)Nc1ccccc1C(=O)Nc1cccc(S(=O)(=O)Nc2ccc(C(=O)NC(C)(C)C)cc2)c1. The molecule has 0 atom stereocenters. The third kappa shape index (κ3) is 7.16. The van der Waals surface area contributed by atoms with E-state index in [0.717, 1.165) is 0 Å². The van der Waals surface area contributed by atoms with Crippen LogP contribution in [0.3, 0.4) is 0 Å². The second-order valence-electron chi connectivity index (χ2n) is 9.10. The van der Waals surface area contributed by atoms with Crippen molar-refractivity contribution in [2.45, 2.75) is 38.1 Å². The molecule has 9 nitrogen and oxygen atoms in total. The van der Waals surface area contributed by atoms with Gasteiger partial charge in [-0.05, 0) is 75.4 Å². The minimum atomic E-state index is -3.98. The lowest BCUT2D eigenvalue weighted by atomic mass is 10.1. The van der Waals surface area contributed by atoms with Crippen molar-refractivity contribution in [2.24, 2.45) is 0 Å². The highest BCUT2D eigenvalue weighted by Crippen LogP contribution is 2.22. The molecule has 0 spiro atoms. The minimum Gasteiger partial charge on any atom is -0.347 e. The predicted octanol–water partition coefficient (Wildman–Crippen LogP) is 4.23. The molecule has 0 aliphatic rings. The second kappa shape index (κ2) is 10.6. The number of rotatable bonds is 7. The van der Waals surface area contributed by atoms with E-state index in [1.807, 2.05) is 20.8 Å². The Morgan fingerprint density at radius 1 is 0.750 bits per heavy atom. The molecule has 0 aliphatic carbocycles. The summed E-state index contributed by atoms with van der Waals surface area (Å²) in [4.78, 5) is 36.4. The summed E-state index contributed by atoms with van der Waals surface area (Å²) in [6.07, 6.45) is 0. The van der Waals surface area contributed by atoms with Crippen LogP contribution >= 0.6 is 0 Å². The predicted molar refractivity (Wildman–Crippen MR) is 140 cm³/mol. The molecule has 3 amide bonds. The Morgan fingerprint density at radius 2 is 1.42 bits per heavy atom. The van der Waals surface area contributed by atoms with Crippen LogP contribution in [0.25, 0.3) is 0 Å². The Morgan fingerprint density at radius 3 is 2.06 bits per heavy atom. The molecule has 0 unspecified atom stereocenters. The first-order valence-electron chi connectivity index (χ1n) is 11.1. The van der Waals surface area contributed by atoms with Crippen LogP contribution in [0.1, 0.15) is 48.4 Å². The van der Waals surface area contributed by atoms with Gasteiger partial charge in [-0.3, -0.25) is 19.1 Å². The number of carbonyl (C=O) groups is 3. The molecule has 0 saturated heterocycles. The number of nitrogens with one attached hydrogen (secondary N) is 4. The molecule has 188 valence electrons. The zero-order valence-corrected chi connectivity index (χ0v) is 21.2. The first-order chi connectivity index (χ1) is 16.8. The normalized spacial score (nSPS) is 11.3. The minimum absolute atomic E-state index is 0.0648. The molecule has 0 bridgehead atoms. The largest absolute Gasteiger partial charge is 0.347 e. The number of anilines is 3. The molecule has 0 aliphatic heterocycles. The molecule has 4 N–H and O–H groups in total. The zero-order valence-electron chi connectivity index (χ0n) is 20.4. The first-order valence-corrected chi connectivity index (χ1v) is 12.6. The lowest BCUT2D eigenvalue weighted by Crippen LogP contribution is -2.40. The van der Waals surface area contributed by atoms with Crippen molar-refractivity contribution >= 4 is 44.8 Å². The highest BCUT2D eigenvalue weighted by Gasteiger charge is 2.18. The molecule has 0 aromatic heterocycles. The Balaban J connectivity index is 1.75. The van der Waals surface area contributed by atoms with Crippen LogP contribution in [0.5, 0.6) is 0 Å². The van der Waals surface area contributed by atoms with Crippen molar-refractivity contribution in [2.75, 3.05) is 15.4 Å². The number of hydrogen-bond acceptors (Lipinski definition) is 5. The van der Waals surface area contributed by atoms with Crippen molar-refractivity contribution in [3.63, 3.8) is 0 Å². The van der Waals surface area contributed by atoms with Crippen LogP contribution in [0.4, 0.5) is 17.1 Å². The number of hydrogen-bond donors (Lipinski definition) is 4. The maximum Gasteiger partial charge on any atom is 0.261 e. The third-order valence-electron chi connectivity index (χ3n) is 4.77. The van der Waals surface area contributed by atoms with Crippen LogP contribution in [0, 0.1) is 0 Å². The van der Waals surface area contributed by atoms with Crippen LogP contribution < -0.4 is 20.7 Å². The van der Waals surface area contributed by atoms with E-state index in [2.05, 4.69) is 20.7 Å². The van der Waals surface area contributed by atoms with Crippen molar-refractivity contribution in [1.29, 1.82) is 0 Å². The third-order valence-corrected chi connectivity index (χ3v) is 6.15. The van der Waals surface area contributed by atoms with Crippen LogP contribution in [0.2, 0.25) is 0 Å². The summed E-state index contributed by atoms with van der Waals surface area (Å²) >= 11 is 0. The second-order valence-corrected chi connectivity index (χ2v) is 10.8. The van der Waals surface area contributed by atoms with Gasteiger partial charge in [-0.15, -0.1) is 0 Å². The van der Waals surface area contributed by atoms with E-state index in [1.165, 1.54) is 49.4 Å². The fourth-order valence-corrected chi connectivity index (χ4v) is 4.34. The fourth-order valence-electron chi connectivity index (χ4n) is 3.24. The van der Waals surface area contributed by atoms with Crippen molar-refractivity contribution < 1.29 is 22.8 Å². The summed E-state index contributed by atoms with van der Waals surface area (Å²) in [6.45, 7) is 6.94. The fraction of sp³-hybridized carbons (Fsp3) is 0.192. The van der Waals surface area contributed by atoms with Gasteiger partial charge < -0.3 is 16.0 Å². The van der Waals surface area contributed by atoms with E-state index < -0.39 is 21.5 Å². The number of benzene rings is 3. The monoisotopic (exact) mass is 508 g/mol. The number of sulfonamides is 1. The molecule has 0 saturated carbocycles. The maximum absolute atomic E-state index is 12.9. The van der Waals surface area contributed by atoms with Crippen molar-refractivity contribution in [3.8, 4) is 0 Å². The van der Waals surface area contributed by atoms with Gasteiger partial charge in [0.1, 0.15) is 0 Å². The van der Waals surface area contributed by atoms with E-state index in [-0.39, 0.29) is 33.6 Å². The van der Waals surface area contributed by atoms with Gasteiger partial charge in [0.2, 0.25) is 5.91 Å². The average Bonchev–Trinajstić information content (AvgIpc) is 2.78. The lowest BCUT2D eigenvalue weighted by molar-refractivity contribution is -0.114. The first kappa shape index (κ1) is 26.4. The molecule has 0 heterocycles. The van der Waals surface area contributed by atoms with Crippen molar-refractivity contribution in [1.82, 2.24) is 5.32 Å². The topological polar surface area (TPSA) is 133 Å². The summed E-state index contributed by atoms with van der Waals surface area (Å²) in [5.74, 6) is -1.09. The average molecular weight is 509 g/mol. The van der Waals surface area contributed by atoms with Gasteiger partial charge in [-0.25, -0.2) is 8.42 Å².